The molecule has 0 aliphatic carbocycles. The zero-order chi connectivity index (χ0) is 10.4. The van der Waals surface area contributed by atoms with Gasteiger partial charge >= 0.3 is 0 Å². The first-order chi connectivity index (χ1) is 6.74. The summed E-state index contributed by atoms with van der Waals surface area (Å²) >= 11 is 0. The Balaban J connectivity index is 2.19. The molecule has 0 saturated carbocycles. The van der Waals surface area contributed by atoms with Gasteiger partial charge in [0, 0.05) is 25.2 Å². The average Bonchev–Trinajstić information content (AvgIpc) is 2.19. The molecule has 0 spiro atoms. The van der Waals surface area contributed by atoms with E-state index in [0.29, 0.717) is 18.7 Å². The Kier molecular flexibility index (Phi) is 5.45. The molecule has 3 heteroatoms. The summed E-state index contributed by atoms with van der Waals surface area (Å²) in [4.78, 5) is 2.53. The molecule has 0 aromatic heterocycles. The van der Waals surface area contributed by atoms with Gasteiger partial charge in [0.2, 0.25) is 0 Å². The summed E-state index contributed by atoms with van der Waals surface area (Å²) in [5.41, 5.74) is 0. The largest absolute Gasteiger partial charge is 0.396 e. The van der Waals surface area contributed by atoms with Crippen molar-refractivity contribution in [3.8, 4) is 0 Å². The predicted octanol–water partition coefficient (Wildman–Crippen LogP) is 0.831. The Morgan fingerprint density at radius 1 is 1.50 bits per heavy atom. The molecule has 1 heterocycles. The molecule has 1 fully saturated rings. The van der Waals surface area contributed by atoms with E-state index in [-0.39, 0.29) is 0 Å². The zero-order valence-corrected chi connectivity index (χ0v) is 9.50. The van der Waals surface area contributed by atoms with Crippen molar-refractivity contribution in [1.29, 1.82) is 0 Å². The van der Waals surface area contributed by atoms with Crippen LogP contribution in [0.3, 0.4) is 0 Å². The van der Waals surface area contributed by atoms with Crippen molar-refractivity contribution in [1.82, 2.24) is 10.2 Å². The summed E-state index contributed by atoms with van der Waals surface area (Å²) in [5.74, 6) is 0. The third-order valence-corrected chi connectivity index (χ3v) is 2.95. The SMILES string of the molecule is CC(C)N1CCCC(NCCCO)C1. The Hall–Kier alpha value is -0.120. The summed E-state index contributed by atoms with van der Waals surface area (Å²) in [5, 5.41) is 12.2. The Morgan fingerprint density at radius 2 is 2.29 bits per heavy atom. The molecule has 14 heavy (non-hydrogen) atoms. The van der Waals surface area contributed by atoms with Crippen LogP contribution in [-0.2, 0) is 0 Å². The van der Waals surface area contributed by atoms with Crippen LogP contribution in [0.1, 0.15) is 33.1 Å². The second-order valence-corrected chi connectivity index (χ2v) is 4.46. The first-order valence-electron chi connectivity index (χ1n) is 5.82. The molecule has 1 saturated heterocycles. The van der Waals surface area contributed by atoms with Gasteiger partial charge in [-0.3, -0.25) is 4.90 Å². The number of hydrogen-bond acceptors (Lipinski definition) is 3. The smallest absolute Gasteiger partial charge is 0.0443 e. The first-order valence-corrected chi connectivity index (χ1v) is 5.82. The standard InChI is InChI=1S/C11H24N2O/c1-10(2)13-7-3-5-11(9-13)12-6-4-8-14/h10-12,14H,3-9H2,1-2H3. The lowest BCUT2D eigenvalue weighted by molar-refractivity contribution is 0.153. The Labute approximate surface area is 87.5 Å². The quantitative estimate of drug-likeness (QED) is 0.645. The van der Waals surface area contributed by atoms with E-state index >= 15 is 0 Å². The lowest BCUT2D eigenvalue weighted by Crippen LogP contribution is -2.48. The molecule has 3 nitrogen and oxygen atoms in total. The maximum atomic E-state index is 8.69. The first kappa shape index (κ1) is 12.0. The Morgan fingerprint density at radius 3 is 2.93 bits per heavy atom. The zero-order valence-electron chi connectivity index (χ0n) is 9.50. The molecule has 1 unspecified atom stereocenters. The van der Waals surface area contributed by atoms with Crippen molar-refractivity contribution in [3.05, 3.63) is 0 Å². The van der Waals surface area contributed by atoms with Gasteiger partial charge in [0.25, 0.3) is 0 Å². The summed E-state index contributed by atoms with van der Waals surface area (Å²) in [6, 6.07) is 1.30. The molecule has 2 N–H and O–H groups in total. The van der Waals surface area contributed by atoms with Crippen molar-refractivity contribution in [2.45, 2.75) is 45.2 Å². The minimum atomic E-state index is 0.299. The number of rotatable bonds is 5. The molecule has 0 radical (unpaired) electrons. The van der Waals surface area contributed by atoms with Crippen LogP contribution in [0.15, 0.2) is 0 Å². The lowest BCUT2D eigenvalue weighted by atomic mass is 10.0. The van der Waals surface area contributed by atoms with Crippen LogP contribution in [0.5, 0.6) is 0 Å². The number of nitrogens with zero attached hydrogens (tertiary/aromatic N) is 1. The van der Waals surface area contributed by atoms with Gasteiger partial charge in [-0.1, -0.05) is 0 Å². The van der Waals surface area contributed by atoms with E-state index in [0.717, 1.165) is 13.0 Å². The maximum Gasteiger partial charge on any atom is 0.0443 e. The van der Waals surface area contributed by atoms with Crippen molar-refractivity contribution in [2.24, 2.45) is 0 Å². The highest BCUT2D eigenvalue weighted by Crippen LogP contribution is 2.12. The fourth-order valence-corrected chi connectivity index (χ4v) is 2.03. The van der Waals surface area contributed by atoms with Crippen molar-refractivity contribution < 1.29 is 5.11 Å². The average molecular weight is 200 g/mol. The molecule has 0 aromatic rings. The molecule has 84 valence electrons. The second kappa shape index (κ2) is 6.38. The van der Waals surface area contributed by atoms with Gasteiger partial charge in [0.05, 0.1) is 0 Å². The monoisotopic (exact) mass is 200 g/mol. The minimum Gasteiger partial charge on any atom is -0.396 e. The van der Waals surface area contributed by atoms with Gasteiger partial charge < -0.3 is 10.4 Å². The summed E-state index contributed by atoms with van der Waals surface area (Å²) in [6.07, 6.45) is 3.46. The van der Waals surface area contributed by atoms with Crippen molar-refractivity contribution in [3.63, 3.8) is 0 Å². The van der Waals surface area contributed by atoms with Crippen LogP contribution in [0.4, 0.5) is 0 Å². The van der Waals surface area contributed by atoms with Crippen LogP contribution < -0.4 is 5.32 Å². The third-order valence-electron chi connectivity index (χ3n) is 2.95. The number of aliphatic hydroxyl groups is 1. The van der Waals surface area contributed by atoms with E-state index in [1.807, 2.05) is 0 Å². The highest BCUT2D eigenvalue weighted by atomic mass is 16.3. The van der Waals surface area contributed by atoms with Gasteiger partial charge in [-0.25, -0.2) is 0 Å². The minimum absolute atomic E-state index is 0.299. The van der Waals surface area contributed by atoms with Crippen LogP contribution in [0, 0.1) is 0 Å². The van der Waals surface area contributed by atoms with Gasteiger partial charge in [-0.2, -0.15) is 0 Å². The van der Waals surface area contributed by atoms with Crippen LogP contribution in [0.25, 0.3) is 0 Å². The summed E-state index contributed by atoms with van der Waals surface area (Å²) < 4.78 is 0. The molecule has 0 aromatic carbocycles. The molecule has 0 bridgehead atoms. The van der Waals surface area contributed by atoms with E-state index in [4.69, 9.17) is 5.11 Å². The maximum absolute atomic E-state index is 8.69. The van der Waals surface area contributed by atoms with E-state index in [1.54, 1.807) is 0 Å². The molecule has 1 aliphatic rings. The van der Waals surface area contributed by atoms with Gasteiger partial charge in [-0.05, 0) is 46.2 Å². The highest BCUT2D eigenvalue weighted by molar-refractivity contribution is 4.79. The molecule has 1 atom stereocenters. The molecule has 1 rings (SSSR count). The lowest BCUT2D eigenvalue weighted by Gasteiger charge is -2.35. The fourth-order valence-electron chi connectivity index (χ4n) is 2.03. The van der Waals surface area contributed by atoms with Crippen molar-refractivity contribution in [2.75, 3.05) is 26.2 Å². The fraction of sp³-hybridized carbons (Fsp3) is 1.00. The number of nitrogens with one attached hydrogen (secondary N) is 1. The van der Waals surface area contributed by atoms with E-state index in [1.165, 1.54) is 25.9 Å². The molecule has 1 aliphatic heterocycles. The normalized spacial score (nSPS) is 24.4. The van der Waals surface area contributed by atoms with Gasteiger partial charge in [0.15, 0.2) is 0 Å². The van der Waals surface area contributed by atoms with Gasteiger partial charge in [0.1, 0.15) is 0 Å². The highest BCUT2D eigenvalue weighted by Gasteiger charge is 2.20. The van der Waals surface area contributed by atoms with E-state index in [2.05, 4.69) is 24.1 Å². The number of aliphatic hydroxyl groups excluding tert-OH is 1. The van der Waals surface area contributed by atoms with Crippen LogP contribution in [-0.4, -0.2) is 48.3 Å². The van der Waals surface area contributed by atoms with Crippen molar-refractivity contribution >= 4 is 0 Å². The van der Waals surface area contributed by atoms with Gasteiger partial charge in [-0.15, -0.1) is 0 Å². The van der Waals surface area contributed by atoms with E-state index < -0.39 is 0 Å². The number of hydrogen-bond donors (Lipinski definition) is 2. The summed E-state index contributed by atoms with van der Waals surface area (Å²) in [7, 11) is 0. The number of likely N-dealkylation sites (tertiary alicyclic amines) is 1. The predicted molar refractivity (Wildman–Crippen MR) is 59.4 cm³/mol. The van der Waals surface area contributed by atoms with E-state index in [9.17, 15) is 0 Å². The second-order valence-electron chi connectivity index (χ2n) is 4.46. The summed E-state index contributed by atoms with van der Waals surface area (Å²) in [6.45, 7) is 8.19. The number of piperidine rings is 1. The molecular formula is C11H24N2O. The van der Waals surface area contributed by atoms with Crippen LogP contribution in [0.2, 0.25) is 0 Å². The third kappa shape index (κ3) is 3.95. The molecule has 0 amide bonds. The molecular weight excluding hydrogens is 176 g/mol. The topological polar surface area (TPSA) is 35.5 Å². The Bertz CT molecular complexity index is 150. The van der Waals surface area contributed by atoms with Crippen LogP contribution >= 0.6 is 0 Å².